The Hall–Kier alpha value is -2.33. The molecule has 4 heteroatoms. The van der Waals surface area contributed by atoms with Crippen LogP contribution in [0.1, 0.15) is 37.9 Å². The first-order valence-corrected chi connectivity index (χ1v) is 8.08. The number of hydrogen-bond donors (Lipinski definition) is 2. The smallest absolute Gasteiger partial charge is 0.246 e. The molecule has 0 aliphatic carbocycles. The van der Waals surface area contributed by atoms with Gasteiger partial charge in [-0.2, -0.15) is 0 Å². The lowest BCUT2D eigenvalue weighted by Gasteiger charge is -2.20. The van der Waals surface area contributed by atoms with Crippen molar-refractivity contribution in [2.24, 2.45) is 0 Å². The Morgan fingerprint density at radius 3 is 2.04 bits per heavy atom. The van der Waals surface area contributed by atoms with Crippen molar-refractivity contribution in [3.05, 3.63) is 59.7 Å². The Balaban J connectivity index is 2.11. The minimum atomic E-state index is -0.418. The predicted molar refractivity (Wildman–Crippen MR) is 98.6 cm³/mol. The number of nitrogens with one attached hydrogen (secondary N) is 2. The first-order chi connectivity index (χ1) is 11.3. The average Bonchev–Trinajstić information content (AvgIpc) is 2.56. The molecule has 0 saturated carbocycles. The van der Waals surface area contributed by atoms with Crippen LogP contribution >= 0.6 is 0 Å². The molecular weight excluding hydrogens is 300 g/mol. The molecule has 24 heavy (non-hydrogen) atoms. The van der Waals surface area contributed by atoms with Crippen molar-refractivity contribution in [1.82, 2.24) is 5.32 Å². The lowest BCUT2D eigenvalue weighted by atomic mass is 9.87. The minimum Gasteiger partial charge on any atom is -0.497 e. The maximum atomic E-state index is 12.6. The van der Waals surface area contributed by atoms with Crippen molar-refractivity contribution in [3.8, 4) is 5.75 Å². The van der Waals surface area contributed by atoms with E-state index < -0.39 is 6.04 Å². The summed E-state index contributed by atoms with van der Waals surface area (Å²) >= 11 is 0. The van der Waals surface area contributed by atoms with Crippen LogP contribution in [-0.4, -0.2) is 20.1 Å². The summed E-state index contributed by atoms with van der Waals surface area (Å²) in [6.45, 7) is 6.50. The second-order valence-electron chi connectivity index (χ2n) is 6.81. The monoisotopic (exact) mass is 326 g/mol. The first-order valence-electron chi connectivity index (χ1n) is 8.08. The van der Waals surface area contributed by atoms with Crippen LogP contribution in [0.25, 0.3) is 0 Å². The Labute approximate surface area is 144 Å². The summed E-state index contributed by atoms with van der Waals surface area (Å²) in [6, 6.07) is 15.1. The van der Waals surface area contributed by atoms with Crippen LogP contribution < -0.4 is 15.4 Å². The number of benzene rings is 2. The van der Waals surface area contributed by atoms with Gasteiger partial charge in [0.15, 0.2) is 0 Å². The van der Waals surface area contributed by atoms with Crippen LogP contribution in [0.15, 0.2) is 48.5 Å². The van der Waals surface area contributed by atoms with Gasteiger partial charge in [0.1, 0.15) is 11.8 Å². The molecule has 0 aliphatic rings. The van der Waals surface area contributed by atoms with Crippen molar-refractivity contribution >= 4 is 11.6 Å². The normalized spacial score (nSPS) is 12.5. The van der Waals surface area contributed by atoms with E-state index in [0.29, 0.717) is 0 Å². The molecule has 0 spiro atoms. The molecule has 0 radical (unpaired) electrons. The molecule has 0 heterocycles. The third kappa shape index (κ3) is 4.36. The van der Waals surface area contributed by atoms with E-state index in [1.54, 1.807) is 14.2 Å². The summed E-state index contributed by atoms with van der Waals surface area (Å²) in [6.07, 6.45) is 0. The summed E-state index contributed by atoms with van der Waals surface area (Å²) in [5, 5.41) is 6.02. The fraction of sp³-hybridized carbons (Fsp3) is 0.350. The van der Waals surface area contributed by atoms with E-state index in [0.717, 1.165) is 17.0 Å². The molecular formula is C20H26N2O2. The third-order valence-corrected chi connectivity index (χ3v) is 4.02. The van der Waals surface area contributed by atoms with E-state index in [2.05, 4.69) is 43.5 Å². The SMILES string of the molecule is CN[C@@H](C(=O)Nc1ccc(C(C)(C)C)cc1)c1ccc(OC)cc1. The van der Waals surface area contributed by atoms with Gasteiger partial charge >= 0.3 is 0 Å². The molecule has 128 valence electrons. The molecule has 1 atom stereocenters. The Bertz CT molecular complexity index is 670. The number of likely N-dealkylation sites (N-methyl/N-ethyl adjacent to an activating group) is 1. The Kier molecular flexibility index (Phi) is 5.62. The van der Waals surface area contributed by atoms with Gasteiger partial charge in [-0.1, -0.05) is 45.0 Å². The van der Waals surface area contributed by atoms with Gasteiger partial charge < -0.3 is 15.4 Å². The highest BCUT2D eigenvalue weighted by Gasteiger charge is 2.19. The number of carbonyl (C=O) groups is 1. The number of anilines is 1. The van der Waals surface area contributed by atoms with Gasteiger partial charge in [-0.15, -0.1) is 0 Å². The highest BCUT2D eigenvalue weighted by Crippen LogP contribution is 2.24. The molecule has 0 bridgehead atoms. The van der Waals surface area contributed by atoms with Gasteiger partial charge in [-0.3, -0.25) is 4.79 Å². The zero-order chi connectivity index (χ0) is 17.7. The molecule has 2 aromatic rings. The van der Waals surface area contributed by atoms with Gasteiger partial charge in [0.05, 0.1) is 7.11 Å². The van der Waals surface area contributed by atoms with Crippen molar-refractivity contribution in [2.75, 3.05) is 19.5 Å². The second-order valence-corrected chi connectivity index (χ2v) is 6.81. The number of hydrogen-bond acceptors (Lipinski definition) is 3. The average molecular weight is 326 g/mol. The van der Waals surface area contributed by atoms with Gasteiger partial charge in [0.25, 0.3) is 0 Å². The van der Waals surface area contributed by atoms with Gasteiger partial charge in [0.2, 0.25) is 5.91 Å². The Morgan fingerprint density at radius 1 is 1.00 bits per heavy atom. The van der Waals surface area contributed by atoms with E-state index in [1.807, 2.05) is 36.4 Å². The zero-order valence-corrected chi connectivity index (χ0v) is 15.0. The van der Waals surface area contributed by atoms with Crippen molar-refractivity contribution in [1.29, 1.82) is 0 Å². The molecule has 0 aliphatic heterocycles. The molecule has 4 nitrogen and oxygen atoms in total. The minimum absolute atomic E-state index is 0.0915. The van der Waals surface area contributed by atoms with E-state index in [9.17, 15) is 4.79 Å². The second kappa shape index (κ2) is 7.49. The highest BCUT2D eigenvalue weighted by atomic mass is 16.5. The molecule has 0 saturated heterocycles. The maximum absolute atomic E-state index is 12.6. The van der Waals surface area contributed by atoms with E-state index >= 15 is 0 Å². The third-order valence-electron chi connectivity index (χ3n) is 4.02. The fourth-order valence-corrected chi connectivity index (χ4v) is 2.51. The lowest BCUT2D eigenvalue weighted by Crippen LogP contribution is -2.30. The van der Waals surface area contributed by atoms with Gasteiger partial charge in [-0.05, 0) is 47.9 Å². The number of methoxy groups -OCH3 is 1. The number of amides is 1. The van der Waals surface area contributed by atoms with Crippen molar-refractivity contribution < 1.29 is 9.53 Å². The maximum Gasteiger partial charge on any atom is 0.246 e. The molecule has 2 aromatic carbocycles. The largest absolute Gasteiger partial charge is 0.497 e. The van der Waals surface area contributed by atoms with Crippen molar-refractivity contribution in [2.45, 2.75) is 32.2 Å². The standard InChI is InChI=1S/C20H26N2O2/c1-20(2,3)15-8-10-16(11-9-15)22-19(23)18(21-4)14-6-12-17(24-5)13-7-14/h6-13,18,21H,1-5H3,(H,22,23)/t18-/m1/s1. The molecule has 0 unspecified atom stereocenters. The van der Waals surface area contributed by atoms with Crippen LogP contribution in [0.3, 0.4) is 0 Å². The van der Waals surface area contributed by atoms with Crippen LogP contribution in [0.5, 0.6) is 5.75 Å². The van der Waals surface area contributed by atoms with Crippen LogP contribution in [-0.2, 0) is 10.2 Å². The van der Waals surface area contributed by atoms with E-state index in [1.165, 1.54) is 5.56 Å². The van der Waals surface area contributed by atoms with Gasteiger partial charge in [0, 0.05) is 5.69 Å². The van der Waals surface area contributed by atoms with Crippen molar-refractivity contribution in [3.63, 3.8) is 0 Å². The molecule has 1 amide bonds. The van der Waals surface area contributed by atoms with Crippen LogP contribution in [0, 0.1) is 0 Å². The number of ether oxygens (including phenoxy) is 1. The summed E-state index contributed by atoms with van der Waals surface area (Å²) in [5.74, 6) is 0.679. The number of rotatable bonds is 5. The quantitative estimate of drug-likeness (QED) is 0.876. The number of carbonyl (C=O) groups excluding carboxylic acids is 1. The highest BCUT2D eigenvalue weighted by molar-refractivity contribution is 5.95. The summed E-state index contributed by atoms with van der Waals surface area (Å²) in [4.78, 5) is 12.6. The molecule has 2 rings (SSSR count). The summed E-state index contributed by atoms with van der Waals surface area (Å²) in [7, 11) is 3.40. The first kappa shape index (κ1) is 18.0. The topological polar surface area (TPSA) is 50.4 Å². The van der Waals surface area contributed by atoms with Gasteiger partial charge in [-0.25, -0.2) is 0 Å². The van der Waals surface area contributed by atoms with E-state index in [4.69, 9.17) is 4.74 Å². The van der Waals surface area contributed by atoms with E-state index in [-0.39, 0.29) is 11.3 Å². The zero-order valence-electron chi connectivity index (χ0n) is 15.0. The Morgan fingerprint density at radius 2 is 1.58 bits per heavy atom. The molecule has 0 aromatic heterocycles. The lowest BCUT2D eigenvalue weighted by molar-refractivity contribution is -0.118. The van der Waals surface area contributed by atoms with Crippen LogP contribution in [0.2, 0.25) is 0 Å². The molecule has 2 N–H and O–H groups in total. The van der Waals surface area contributed by atoms with Crippen LogP contribution in [0.4, 0.5) is 5.69 Å². The fourth-order valence-electron chi connectivity index (χ4n) is 2.51. The summed E-state index contributed by atoms with van der Waals surface area (Å²) < 4.78 is 5.16. The summed E-state index contributed by atoms with van der Waals surface area (Å²) in [5.41, 5.74) is 3.02. The molecule has 0 fully saturated rings. The predicted octanol–water partition coefficient (Wildman–Crippen LogP) is 3.89.